The molecule has 1 aromatic carbocycles. The minimum Gasteiger partial charge on any atom is -0.493 e. The lowest BCUT2D eigenvalue weighted by Crippen LogP contribution is -2.51. The summed E-state index contributed by atoms with van der Waals surface area (Å²) < 4.78 is 41.4. The summed E-state index contributed by atoms with van der Waals surface area (Å²) >= 11 is 0. The Morgan fingerprint density at radius 2 is 1.63 bits per heavy atom. The quantitative estimate of drug-likeness (QED) is 0.274. The number of rotatable bonds is 8. The van der Waals surface area contributed by atoms with Gasteiger partial charge in [0.25, 0.3) is 0 Å². The van der Waals surface area contributed by atoms with Crippen molar-refractivity contribution < 1.29 is 22.6 Å². The molecule has 27 heavy (non-hydrogen) atoms. The smallest absolute Gasteiger partial charge is 0.209 e. The van der Waals surface area contributed by atoms with Gasteiger partial charge in [0.2, 0.25) is 15.8 Å². The Morgan fingerprint density at radius 3 is 2.00 bits per heavy atom. The summed E-state index contributed by atoms with van der Waals surface area (Å²) in [7, 11) is 2.90. The fourth-order valence-corrected chi connectivity index (χ4v) is 3.39. The van der Waals surface area contributed by atoms with E-state index in [1.165, 1.54) is 21.3 Å². The van der Waals surface area contributed by atoms with Gasteiger partial charge in [-0.1, -0.05) is 0 Å². The van der Waals surface area contributed by atoms with Crippen LogP contribution in [0.5, 0.6) is 17.2 Å². The van der Waals surface area contributed by atoms with Gasteiger partial charge in [-0.15, -0.1) is 24.0 Å². The fourth-order valence-electron chi connectivity index (χ4n) is 2.31. The molecule has 0 aliphatic heterocycles. The van der Waals surface area contributed by atoms with Crippen LogP contribution in [0, 0.1) is 0 Å². The first kappa shape index (κ1) is 25.5. The second-order valence-corrected chi connectivity index (χ2v) is 7.97. The lowest BCUT2D eigenvalue weighted by molar-refractivity contribution is 0.324. The number of nitrogens with zero attached hydrogens (tertiary/aromatic N) is 1. The molecular weight excluding hydrogens is 487 g/mol. The van der Waals surface area contributed by atoms with Gasteiger partial charge in [0.15, 0.2) is 17.5 Å². The van der Waals surface area contributed by atoms with E-state index in [1.54, 1.807) is 33.0 Å². The van der Waals surface area contributed by atoms with Crippen molar-refractivity contribution in [2.24, 2.45) is 4.99 Å². The molecule has 0 amide bonds. The van der Waals surface area contributed by atoms with Gasteiger partial charge >= 0.3 is 0 Å². The highest BCUT2D eigenvalue weighted by molar-refractivity contribution is 14.0. The zero-order valence-electron chi connectivity index (χ0n) is 16.7. The van der Waals surface area contributed by atoms with E-state index in [0.29, 0.717) is 35.4 Å². The van der Waals surface area contributed by atoms with E-state index >= 15 is 0 Å². The van der Waals surface area contributed by atoms with Crippen LogP contribution < -0.4 is 29.6 Å². The lowest BCUT2D eigenvalue weighted by Gasteiger charge is -2.26. The third kappa shape index (κ3) is 8.39. The van der Waals surface area contributed by atoms with Crippen molar-refractivity contribution >= 4 is 45.6 Å². The Balaban J connectivity index is 0.00000676. The number of hydrogen-bond acceptors (Lipinski definition) is 6. The summed E-state index contributed by atoms with van der Waals surface area (Å²) in [4.78, 5) is 4.14. The predicted octanol–water partition coefficient (Wildman–Crippen LogP) is 1.65. The second kappa shape index (κ2) is 10.8. The van der Waals surface area contributed by atoms with Gasteiger partial charge in [-0.3, -0.25) is 4.99 Å². The van der Waals surface area contributed by atoms with E-state index in [2.05, 4.69) is 20.3 Å². The van der Waals surface area contributed by atoms with Gasteiger partial charge in [0.1, 0.15) is 0 Å². The molecule has 0 saturated carbocycles. The number of aliphatic imine (C=N–C) groups is 1. The average Bonchev–Trinajstić information content (AvgIpc) is 2.55. The predicted molar refractivity (Wildman–Crippen MR) is 119 cm³/mol. The Morgan fingerprint density at radius 1 is 1.11 bits per heavy atom. The molecule has 0 atom stereocenters. The summed E-state index contributed by atoms with van der Waals surface area (Å²) in [6.07, 6.45) is 1.12. The number of anilines is 1. The topological polar surface area (TPSA) is 110 Å². The van der Waals surface area contributed by atoms with Gasteiger partial charge in [-0.2, -0.15) is 0 Å². The maximum atomic E-state index is 11.4. The van der Waals surface area contributed by atoms with Crippen molar-refractivity contribution in [2.45, 2.75) is 19.4 Å². The van der Waals surface area contributed by atoms with Gasteiger partial charge < -0.3 is 24.8 Å². The monoisotopic (exact) mass is 516 g/mol. The Kier molecular flexibility index (Phi) is 10.2. The third-order valence-electron chi connectivity index (χ3n) is 3.31. The zero-order chi connectivity index (χ0) is 20.0. The fraction of sp³-hybridized carbons (Fsp3) is 0.562. The number of methoxy groups -OCH3 is 3. The van der Waals surface area contributed by atoms with Crippen LogP contribution in [0.3, 0.4) is 0 Å². The van der Waals surface area contributed by atoms with Gasteiger partial charge in [0, 0.05) is 37.0 Å². The van der Waals surface area contributed by atoms with Crippen LogP contribution in [-0.2, 0) is 10.0 Å². The van der Waals surface area contributed by atoms with E-state index in [0.717, 1.165) is 6.26 Å². The Labute approximate surface area is 178 Å². The molecule has 156 valence electrons. The number of guanidine groups is 1. The van der Waals surface area contributed by atoms with Crippen molar-refractivity contribution in [2.75, 3.05) is 46.5 Å². The molecule has 1 aromatic rings. The molecule has 0 unspecified atom stereocenters. The van der Waals surface area contributed by atoms with Gasteiger partial charge in [-0.05, 0) is 13.8 Å². The molecule has 0 aliphatic carbocycles. The number of benzene rings is 1. The summed E-state index contributed by atoms with van der Waals surface area (Å²) in [5.74, 6) is 1.96. The van der Waals surface area contributed by atoms with Gasteiger partial charge in [0.05, 0.1) is 27.6 Å². The molecular formula is C16H29IN4O5S. The summed E-state index contributed by atoms with van der Waals surface area (Å²) in [5, 5.41) is 6.19. The number of hydrogen-bond donors (Lipinski definition) is 3. The molecule has 0 aromatic heterocycles. The third-order valence-corrected chi connectivity index (χ3v) is 4.23. The Hall–Kier alpha value is -1.47. The maximum absolute atomic E-state index is 11.4. The van der Waals surface area contributed by atoms with Crippen LogP contribution in [0.25, 0.3) is 0 Å². The van der Waals surface area contributed by atoms with E-state index in [-0.39, 0.29) is 24.0 Å². The molecule has 0 saturated heterocycles. The first-order chi connectivity index (χ1) is 12.0. The van der Waals surface area contributed by atoms with E-state index < -0.39 is 15.6 Å². The van der Waals surface area contributed by atoms with E-state index in [4.69, 9.17) is 14.2 Å². The van der Waals surface area contributed by atoms with E-state index in [9.17, 15) is 8.42 Å². The maximum Gasteiger partial charge on any atom is 0.209 e. The molecule has 3 N–H and O–H groups in total. The molecule has 0 heterocycles. The number of halogens is 1. The molecule has 11 heteroatoms. The molecule has 0 radical (unpaired) electrons. The summed E-state index contributed by atoms with van der Waals surface area (Å²) in [6.45, 7) is 3.87. The van der Waals surface area contributed by atoms with Crippen LogP contribution in [0.4, 0.5) is 5.69 Å². The lowest BCUT2D eigenvalue weighted by atomic mass is 10.1. The molecule has 9 nitrogen and oxygen atoms in total. The highest BCUT2D eigenvalue weighted by Crippen LogP contribution is 2.39. The van der Waals surface area contributed by atoms with Crippen LogP contribution >= 0.6 is 24.0 Å². The van der Waals surface area contributed by atoms with Crippen LogP contribution in [0.15, 0.2) is 17.1 Å². The highest BCUT2D eigenvalue weighted by Gasteiger charge is 2.22. The molecule has 0 bridgehead atoms. The SMILES string of the molecule is CN=C(NCC(C)(C)NS(C)(=O)=O)Nc1cc(OC)c(OC)c(OC)c1.I. The largest absolute Gasteiger partial charge is 0.493 e. The molecule has 0 fully saturated rings. The first-order valence-electron chi connectivity index (χ1n) is 7.82. The molecule has 0 aliphatic rings. The van der Waals surface area contributed by atoms with Crippen LogP contribution in [-0.4, -0.2) is 61.1 Å². The normalized spacial score (nSPS) is 12.0. The highest BCUT2D eigenvalue weighted by atomic mass is 127. The van der Waals surface area contributed by atoms with Crippen molar-refractivity contribution in [1.29, 1.82) is 0 Å². The van der Waals surface area contributed by atoms with E-state index in [1.807, 2.05) is 0 Å². The summed E-state index contributed by atoms with van der Waals surface area (Å²) in [6, 6.07) is 3.49. The van der Waals surface area contributed by atoms with Crippen LogP contribution in [0.1, 0.15) is 13.8 Å². The van der Waals surface area contributed by atoms with Crippen molar-refractivity contribution in [3.05, 3.63) is 12.1 Å². The van der Waals surface area contributed by atoms with Crippen molar-refractivity contribution in [3.63, 3.8) is 0 Å². The van der Waals surface area contributed by atoms with Crippen LogP contribution in [0.2, 0.25) is 0 Å². The number of sulfonamides is 1. The standard InChI is InChI=1S/C16H28N4O5S.HI/c1-16(2,20-26(7,21)22)10-18-15(17-3)19-11-8-12(23-4)14(25-6)13(9-11)24-5;/h8-9,20H,10H2,1-7H3,(H2,17,18,19);1H. The Bertz CT molecular complexity index is 728. The van der Waals surface area contributed by atoms with Gasteiger partial charge in [-0.25, -0.2) is 13.1 Å². The van der Waals surface area contributed by atoms with Crippen molar-refractivity contribution in [1.82, 2.24) is 10.0 Å². The number of ether oxygens (including phenoxy) is 3. The summed E-state index contributed by atoms with van der Waals surface area (Å²) in [5.41, 5.74) is -0.0259. The minimum atomic E-state index is -3.32. The zero-order valence-corrected chi connectivity index (χ0v) is 19.8. The van der Waals surface area contributed by atoms with Crippen molar-refractivity contribution in [3.8, 4) is 17.2 Å². The molecule has 0 spiro atoms. The minimum absolute atomic E-state index is 0. The average molecular weight is 516 g/mol. The second-order valence-electron chi connectivity index (χ2n) is 6.22. The number of nitrogens with one attached hydrogen (secondary N) is 3. The molecule has 1 rings (SSSR count). The first-order valence-corrected chi connectivity index (χ1v) is 9.71.